The third-order valence-corrected chi connectivity index (χ3v) is 4.18. The Kier molecular flexibility index (Phi) is 5.14. The maximum Gasteiger partial charge on any atom is 0.247 e. The van der Waals surface area contributed by atoms with Crippen LogP contribution in [-0.4, -0.2) is 17.3 Å². The van der Waals surface area contributed by atoms with E-state index in [0.717, 1.165) is 16.9 Å². The quantitative estimate of drug-likeness (QED) is 0.719. The van der Waals surface area contributed by atoms with Crippen molar-refractivity contribution in [3.63, 3.8) is 0 Å². The van der Waals surface area contributed by atoms with Crippen LogP contribution in [0.25, 0.3) is 11.5 Å². The van der Waals surface area contributed by atoms with Gasteiger partial charge in [0.25, 0.3) is 0 Å². The van der Waals surface area contributed by atoms with Crippen LogP contribution in [0.4, 0.5) is 0 Å². The molecule has 0 saturated heterocycles. The zero-order chi connectivity index (χ0) is 17.8. The first-order chi connectivity index (χ1) is 12.1. The molecule has 0 spiro atoms. The van der Waals surface area contributed by atoms with E-state index in [1.54, 1.807) is 7.11 Å². The van der Waals surface area contributed by atoms with E-state index in [2.05, 4.69) is 35.4 Å². The highest BCUT2D eigenvalue weighted by atomic mass is 16.5. The van der Waals surface area contributed by atoms with Gasteiger partial charge in [-0.2, -0.15) is 0 Å². The van der Waals surface area contributed by atoms with Crippen LogP contribution < -0.4 is 10.1 Å². The molecule has 25 heavy (non-hydrogen) atoms. The van der Waals surface area contributed by atoms with Gasteiger partial charge in [0.05, 0.1) is 13.2 Å². The van der Waals surface area contributed by atoms with Gasteiger partial charge in [-0.3, -0.25) is 5.32 Å². The van der Waals surface area contributed by atoms with E-state index in [4.69, 9.17) is 9.15 Å². The van der Waals surface area contributed by atoms with Crippen LogP contribution in [-0.2, 0) is 0 Å². The fourth-order valence-corrected chi connectivity index (χ4v) is 2.84. The zero-order valence-electron chi connectivity index (χ0n) is 15.0. The molecule has 0 amide bonds. The first-order valence-electron chi connectivity index (χ1n) is 8.38. The standard InChI is InChI=1S/C20H23N3O2/c1-13-10-11-18(24-4)17(12-13)14(2)21-15(3)19-22-23-20(25-19)16-8-6-5-7-9-16/h5-12,14-15,21H,1-4H3. The molecule has 0 radical (unpaired) electrons. The number of aromatic nitrogens is 2. The topological polar surface area (TPSA) is 60.2 Å². The van der Waals surface area contributed by atoms with Gasteiger partial charge in [-0.15, -0.1) is 10.2 Å². The maximum atomic E-state index is 5.83. The number of methoxy groups -OCH3 is 1. The zero-order valence-corrected chi connectivity index (χ0v) is 15.0. The third kappa shape index (κ3) is 3.88. The Morgan fingerprint density at radius 2 is 1.76 bits per heavy atom. The molecule has 2 unspecified atom stereocenters. The SMILES string of the molecule is COc1ccc(C)cc1C(C)NC(C)c1nnc(-c2ccccc2)o1. The van der Waals surface area contributed by atoms with E-state index >= 15 is 0 Å². The van der Waals surface area contributed by atoms with Crippen molar-refractivity contribution in [2.24, 2.45) is 0 Å². The molecule has 0 fully saturated rings. The fraction of sp³-hybridized carbons (Fsp3) is 0.300. The first kappa shape index (κ1) is 17.2. The molecular weight excluding hydrogens is 314 g/mol. The molecule has 0 bridgehead atoms. The molecule has 1 heterocycles. The van der Waals surface area contributed by atoms with Gasteiger partial charge >= 0.3 is 0 Å². The van der Waals surface area contributed by atoms with Gasteiger partial charge in [-0.1, -0.05) is 35.9 Å². The van der Waals surface area contributed by atoms with E-state index in [-0.39, 0.29) is 12.1 Å². The van der Waals surface area contributed by atoms with E-state index < -0.39 is 0 Å². The van der Waals surface area contributed by atoms with Gasteiger partial charge in [0.1, 0.15) is 5.75 Å². The third-order valence-electron chi connectivity index (χ3n) is 4.18. The molecule has 0 aliphatic carbocycles. The molecule has 2 aromatic carbocycles. The second-order valence-electron chi connectivity index (χ2n) is 6.17. The molecule has 1 aromatic heterocycles. The summed E-state index contributed by atoms with van der Waals surface area (Å²) < 4.78 is 11.3. The predicted octanol–water partition coefficient (Wildman–Crippen LogP) is 4.47. The monoisotopic (exact) mass is 337 g/mol. The smallest absolute Gasteiger partial charge is 0.247 e. The van der Waals surface area contributed by atoms with Crippen LogP contribution in [0, 0.1) is 6.92 Å². The minimum atomic E-state index is -0.0785. The van der Waals surface area contributed by atoms with Gasteiger partial charge < -0.3 is 9.15 Å². The van der Waals surface area contributed by atoms with E-state index in [1.807, 2.05) is 49.4 Å². The van der Waals surface area contributed by atoms with E-state index in [1.165, 1.54) is 5.56 Å². The van der Waals surface area contributed by atoms with Crippen LogP contribution >= 0.6 is 0 Å². The minimum Gasteiger partial charge on any atom is -0.496 e. The highest BCUT2D eigenvalue weighted by molar-refractivity contribution is 5.51. The number of benzene rings is 2. The summed E-state index contributed by atoms with van der Waals surface area (Å²) in [5, 5.41) is 11.8. The summed E-state index contributed by atoms with van der Waals surface area (Å²) in [5.41, 5.74) is 3.22. The fourth-order valence-electron chi connectivity index (χ4n) is 2.84. The van der Waals surface area contributed by atoms with Crippen molar-refractivity contribution in [2.75, 3.05) is 7.11 Å². The highest BCUT2D eigenvalue weighted by Gasteiger charge is 2.19. The summed E-state index contributed by atoms with van der Waals surface area (Å²) in [6.45, 7) is 6.19. The van der Waals surface area contributed by atoms with E-state index in [9.17, 15) is 0 Å². The largest absolute Gasteiger partial charge is 0.496 e. The number of aryl methyl sites for hydroxylation is 1. The summed E-state index contributed by atoms with van der Waals surface area (Å²) in [7, 11) is 1.69. The second-order valence-corrected chi connectivity index (χ2v) is 6.17. The van der Waals surface area contributed by atoms with Gasteiger partial charge in [0, 0.05) is 17.2 Å². The number of ether oxygens (including phenoxy) is 1. The van der Waals surface area contributed by atoms with Crippen molar-refractivity contribution in [1.29, 1.82) is 0 Å². The Bertz CT molecular complexity index is 830. The average Bonchev–Trinajstić information content (AvgIpc) is 3.12. The predicted molar refractivity (Wildman–Crippen MR) is 97.4 cm³/mol. The lowest BCUT2D eigenvalue weighted by atomic mass is 10.0. The molecule has 0 aliphatic rings. The molecule has 5 nitrogen and oxygen atoms in total. The lowest BCUT2D eigenvalue weighted by Crippen LogP contribution is -2.23. The van der Waals surface area contributed by atoms with Gasteiger partial charge in [-0.05, 0) is 39.0 Å². The summed E-state index contributed by atoms with van der Waals surface area (Å²) in [5.74, 6) is 1.97. The maximum absolute atomic E-state index is 5.83. The van der Waals surface area contributed by atoms with Crippen molar-refractivity contribution in [1.82, 2.24) is 15.5 Å². The Hall–Kier alpha value is -2.66. The summed E-state index contributed by atoms with van der Waals surface area (Å²) in [4.78, 5) is 0. The summed E-state index contributed by atoms with van der Waals surface area (Å²) in [6.07, 6.45) is 0. The molecular formula is C20H23N3O2. The average molecular weight is 337 g/mol. The van der Waals surface area contributed by atoms with Crippen molar-refractivity contribution in [3.8, 4) is 17.2 Å². The van der Waals surface area contributed by atoms with Crippen LogP contribution in [0.15, 0.2) is 52.9 Å². The molecule has 0 aliphatic heterocycles. The minimum absolute atomic E-state index is 0.0785. The van der Waals surface area contributed by atoms with E-state index in [0.29, 0.717) is 11.8 Å². The van der Waals surface area contributed by atoms with Crippen molar-refractivity contribution in [2.45, 2.75) is 32.9 Å². The first-order valence-corrected chi connectivity index (χ1v) is 8.38. The van der Waals surface area contributed by atoms with Crippen LogP contribution in [0.1, 0.15) is 42.9 Å². The van der Waals surface area contributed by atoms with Crippen LogP contribution in [0.2, 0.25) is 0 Å². The lowest BCUT2D eigenvalue weighted by molar-refractivity contribution is 0.375. The molecule has 2 atom stereocenters. The molecule has 3 aromatic rings. The number of rotatable bonds is 6. The Labute approximate surface area is 148 Å². The Morgan fingerprint density at radius 1 is 1.00 bits per heavy atom. The molecule has 130 valence electrons. The molecule has 3 rings (SSSR count). The van der Waals surface area contributed by atoms with Crippen molar-refractivity contribution < 1.29 is 9.15 Å². The Balaban J connectivity index is 1.75. The van der Waals surface area contributed by atoms with Crippen molar-refractivity contribution in [3.05, 3.63) is 65.5 Å². The van der Waals surface area contributed by atoms with Crippen molar-refractivity contribution >= 4 is 0 Å². The molecule has 5 heteroatoms. The molecule has 0 saturated carbocycles. The van der Waals surface area contributed by atoms with Crippen LogP contribution in [0.5, 0.6) is 5.75 Å². The number of nitrogens with one attached hydrogen (secondary N) is 1. The molecule has 1 N–H and O–H groups in total. The van der Waals surface area contributed by atoms with Gasteiger partial charge in [0.2, 0.25) is 11.8 Å². The number of hydrogen-bond acceptors (Lipinski definition) is 5. The lowest BCUT2D eigenvalue weighted by Gasteiger charge is -2.20. The number of hydrogen-bond donors (Lipinski definition) is 1. The number of nitrogens with zero attached hydrogens (tertiary/aromatic N) is 2. The second kappa shape index (κ2) is 7.49. The highest BCUT2D eigenvalue weighted by Crippen LogP contribution is 2.28. The van der Waals surface area contributed by atoms with Crippen LogP contribution in [0.3, 0.4) is 0 Å². The Morgan fingerprint density at radius 3 is 2.48 bits per heavy atom. The van der Waals surface area contributed by atoms with Gasteiger partial charge in [-0.25, -0.2) is 0 Å². The summed E-state index contributed by atoms with van der Waals surface area (Å²) in [6, 6.07) is 15.9. The summed E-state index contributed by atoms with van der Waals surface area (Å²) >= 11 is 0. The normalized spacial score (nSPS) is 13.4. The van der Waals surface area contributed by atoms with Gasteiger partial charge in [0.15, 0.2) is 0 Å².